The number of benzene rings is 2. The average molecular weight is 582 g/mol. The lowest BCUT2D eigenvalue weighted by atomic mass is 9.96. The van der Waals surface area contributed by atoms with Gasteiger partial charge in [-0.15, -0.1) is 0 Å². The maximum Gasteiger partial charge on any atom is 0.407 e. The molecular weight excluding hydrogens is 538 g/mol. The zero-order chi connectivity index (χ0) is 29.4. The van der Waals surface area contributed by atoms with Crippen LogP contribution in [0.1, 0.15) is 69.4 Å². The first-order valence-electron chi connectivity index (χ1n) is 15.1. The normalized spacial score (nSPS) is 21.2. The maximum atomic E-state index is 13.1. The van der Waals surface area contributed by atoms with Crippen LogP contribution in [0.15, 0.2) is 48.5 Å². The van der Waals surface area contributed by atoms with Crippen molar-refractivity contribution in [1.29, 1.82) is 0 Å². The molecule has 2 saturated heterocycles. The number of amides is 1. The van der Waals surface area contributed by atoms with Crippen LogP contribution in [0.4, 0.5) is 4.79 Å². The monoisotopic (exact) mass is 581 g/mol. The van der Waals surface area contributed by atoms with E-state index in [2.05, 4.69) is 29.6 Å². The van der Waals surface area contributed by atoms with Gasteiger partial charge in [-0.25, -0.2) is 9.59 Å². The van der Waals surface area contributed by atoms with Gasteiger partial charge in [0.15, 0.2) is 12.3 Å². The predicted molar refractivity (Wildman–Crippen MR) is 156 cm³/mol. The van der Waals surface area contributed by atoms with Crippen molar-refractivity contribution < 1.29 is 38.0 Å². The second-order valence-electron chi connectivity index (χ2n) is 12.0. The standard InChI is InChI=1S/C33H43NO8/c1-33(2,22-41-29-15-7-9-17-38-29)21-37-20-28(31(35)42-30-16-8-10-18-39-30)34-32(36)40-19-27-25-13-5-3-11-23(25)24-12-4-6-14-26(24)27/h3-6,11-14,27-30H,7-10,15-22H2,1-2H3,(H,34,36). The Hall–Kier alpha value is -2.98. The first kappa shape index (κ1) is 30.5. The predicted octanol–water partition coefficient (Wildman–Crippen LogP) is 5.55. The van der Waals surface area contributed by atoms with E-state index in [0.717, 1.165) is 61.0 Å². The summed E-state index contributed by atoms with van der Waals surface area (Å²) >= 11 is 0. The van der Waals surface area contributed by atoms with E-state index in [1.165, 1.54) is 0 Å². The van der Waals surface area contributed by atoms with E-state index in [1.54, 1.807) is 0 Å². The third kappa shape index (κ3) is 8.10. The molecular formula is C33H43NO8. The number of fused-ring (bicyclic) bond motifs is 3. The molecule has 1 amide bonds. The quantitative estimate of drug-likeness (QED) is 0.326. The van der Waals surface area contributed by atoms with Crippen LogP contribution in [0.5, 0.6) is 0 Å². The first-order valence-corrected chi connectivity index (χ1v) is 15.1. The summed E-state index contributed by atoms with van der Waals surface area (Å²) in [4.78, 5) is 26.1. The van der Waals surface area contributed by atoms with Crippen LogP contribution in [0, 0.1) is 5.41 Å². The van der Waals surface area contributed by atoms with E-state index in [1.807, 2.05) is 38.1 Å². The molecule has 2 fully saturated rings. The van der Waals surface area contributed by atoms with E-state index in [4.69, 9.17) is 28.4 Å². The van der Waals surface area contributed by atoms with Gasteiger partial charge in [0.05, 0.1) is 26.4 Å². The van der Waals surface area contributed by atoms with Crippen molar-refractivity contribution in [2.45, 2.75) is 76.9 Å². The number of ether oxygens (including phenoxy) is 6. The van der Waals surface area contributed by atoms with Gasteiger partial charge < -0.3 is 33.7 Å². The van der Waals surface area contributed by atoms with Crippen LogP contribution < -0.4 is 5.32 Å². The Balaban J connectivity index is 1.16. The Labute approximate surface area is 248 Å². The summed E-state index contributed by atoms with van der Waals surface area (Å²) in [5, 5.41) is 2.68. The van der Waals surface area contributed by atoms with Gasteiger partial charge in [-0.3, -0.25) is 0 Å². The fourth-order valence-electron chi connectivity index (χ4n) is 5.62. The van der Waals surface area contributed by atoms with Crippen molar-refractivity contribution in [3.63, 3.8) is 0 Å². The fraction of sp³-hybridized carbons (Fsp3) is 0.576. The maximum absolute atomic E-state index is 13.1. The van der Waals surface area contributed by atoms with E-state index in [-0.39, 0.29) is 30.8 Å². The van der Waals surface area contributed by atoms with Crippen LogP contribution >= 0.6 is 0 Å². The molecule has 3 atom stereocenters. The topological polar surface area (TPSA) is 102 Å². The summed E-state index contributed by atoms with van der Waals surface area (Å²) in [6.45, 7) is 6.14. The Bertz CT molecular complexity index is 1140. The molecule has 228 valence electrons. The highest BCUT2D eigenvalue weighted by atomic mass is 16.7. The summed E-state index contributed by atoms with van der Waals surface area (Å²) in [5.41, 5.74) is 4.19. The lowest BCUT2D eigenvalue weighted by molar-refractivity contribution is -0.191. The Morgan fingerprint density at radius 2 is 1.50 bits per heavy atom. The van der Waals surface area contributed by atoms with Gasteiger partial charge in [0, 0.05) is 24.4 Å². The molecule has 1 N–H and O–H groups in total. The second kappa shape index (κ2) is 14.5. The molecule has 0 aromatic heterocycles. The fourth-order valence-corrected chi connectivity index (χ4v) is 5.62. The van der Waals surface area contributed by atoms with Gasteiger partial charge in [-0.05, 0) is 54.4 Å². The van der Waals surface area contributed by atoms with Crippen molar-refractivity contribution in [2.24, 2.45) is 5.41 Å². The molecule has 1 aliphatic carbocycles. The molecule has 0 radical (unpaired) electrons. The second-order valence-corrected chi connectivity index (χ2v) is 12.0. The van der Waals surface area contributed by atoms with Crippen molar-refractivity contribution >= 4 is 12.1 Å². The number of hydrogen-bond acceptors (Lipinski definition) is 8. The molecule has 3 unspecified atom stereocenters. The van der Waals surface area contributed by atoms with Crippen molar-refractivity contribution in [1.82, 2.24) is 5.32 Å². The first-order chi connectivity index (χ1) is 20.4. The van der Waals surface area contributed by atoms with Crippen molar-refractivity contribution in [3.8, 4) is 11.1 Å². The van der Waals surface area contributed by atoms with Crippen LogP contribution in [-0.4, -0.2) is 70.3 Å². The van der Waals surface area contributed by atoms with Crippen LogP contribution in [-0.2, 0) is 33.2 Å². The van der Waals surface area contributed by atoms with Gasteiger partial charge in [0.2, 0.25) is 6.29 Å². The van der Waals surface area contributed by atoms with Crippen molar-refractivity contribution in [3.05, 3.63) is 59.7 Å². The van der Waals surface area contributed by atoms with Gasteiger partial charge in [-0.2, -0.15) is 0 Å². The van der Waals surface area contributed by atoms with Gasteiger partial charge >= 0.3 is 12.1 Å². The van der Waals surface area contributed by atoms with E-state index in [0.29, 0.717) is 26.2 Å². The van der Waals surface area contributed by atoms with E-state index >= 15 is 0 Å². The zero-order valence-electron chi connectivity index (χ0n) is 24.7. The molecule has 5 rings (SSSR count). The van der Waals surface area contributed by atoms with Crippen LogP contribution in [0.2, 0.25) is 0 Å². The summed E-state index contributed by atoms with van der Waals surface area (Å²) < 4.78 is 34.4. The number of carbonyl (C=O) groups is 2. The Morgan fingerprint density at radius 1 is 0.881 bits per heavy atom. The van der Waals surface area contributed by atoms with Crippen LogP contribution in [0.3, 0.4) is 0 Å². The number of alkyl carbamates (subject to hydrolysis) is 1. The summed E-state index contributed by atoms with van der Waals surface area (Å²) in [6, 6.07) is 15.2. The largest absolute Gasteiger partial charge is 0.449 e. The van der Waals surface area contributed by atoms with E-state index in [9.17, 15) is 9.59 Å². The molecule has 42 heavy (non-hydrogen) atoms. The SMILES string of the molecule is CC(C)(COCC(NC(=O)OCC1c2ccccc2-c2ccccc21)C(=O)OC1CCCCO1)COC1CCCCO1. The van der Waals surface area contributed by atoms with Crippen molar-refractivity contribution in [2.75, 3.05) is 39.6 Å². The minimum absolute atomic E-state index is 0.0703. The lowest BCUT2D eigenvalue weighted by Gasteiger charge is -2.30. The Kier molecular flexibility index (Phi) is 10.5. The van der Waals surface area contributed by atoms with E-state index < -0.39 is 24.4 Å². The number of hydrogen-bond donors (Lipinski definition) is 1. The van der Waals surface area contributed by atoms with Crippen LogP contribution in [0.25, 0.3) is 11.1 Å². The minimum atomic E-state index is -1.05. The highest BCUT2D eigenvalue weighted by molar-refractivity contribution is 5.82. The molecule has 3 aliphatic rings. The molecule has 2 heterocycles. The zero-order valence-corrected chi connectivity index (χ0v) is 24.7. The molecule has 2 aromatic carbocycles. The van der Waals surface area contributed by atoms with Gasteiger partial charge in [-0.1, -0.05) is 62.4 Å². The summed E-state index contributed by atoms with van der Waals surface area (Å²) in [7, 11) is 0. The van der Waals surface area contributed by atoms with Gasteiger partial charge in [0.25, 0.3) is 0 Å². The smallest absolute Gasteiger partial charge is 0.407 e. The number of rotatable bonds is 12. The third-order valence-corrected chi connectivity index (χ3v) is 7.88. The molecule has 0 spiro atoms. The highest BCUT2D eigenvalue weighted by Gasteiger charge is 2.32. The summed E-state index contributed by atoms with van der Waals surface area (Å²) in [5.74, 6) is -0.700. The minimum Gasteiger partial charge on any atom is -0.449 e. The number of carbonyl (C=O) groups excluding carboxylic acids is 2. The molecule has 9 nitrogen and oxygen atoms in total. The highest BCUT2D eigenvalue weighted by Crippen LogP contribution is 2.44. The van der Waals surface area contributed by atoms with Gasteiger partial charge in [0.1, 0.15) is 6.61 Å². The Morgan fingerprint density at radius 3 is 2.12 bits per heavy atom. The number of esters is 1. The molecule has 2 aliphatic heterocycles. The molecule has 2 aromatic rings. The molecule has 0 bridgehead atoms. The molecule has 9 heteroatoms. The third-order valence-electron chi connectivity index (χ3n) is 7.88. The lowest BCUT2D eigenvalue weighted by Crippen LogP contribution is -2.47. The molecule has 0 saturated carbocycles. The summed E-state index contributed by atoms with van der Waals surface area (Å²) in [6.07, 6.45) is 3.99. The average Bonchev–Trinajstić information content (AvgIpc) is 3.33. The number of nitrogens with one attached hydrogen (secondary N) is 1.